The molecule has 0 radical (unpaired) electrons. The number of nitrogens with one attached hydrogen (secondary N) is 1. The van der Waals surface area contributed by atoms with Crippen LogP contribution in [0.1, 0.15) is 28.8 Å². The molecule has 1 amide bonds. The van der Waals surface area contributed by atoms with E-state index in [-0.39, 0.29) is 10.8 Å². The van der Waals surface area contributed by atoms with Gasteiger partial charge in [0.1, 0.15) is 0 Å². The summed E-state index contributed by atoms with van der Waals surface area (Å²) in [6.45, 7) is 1.46. The van der Waals surface area contributed by atoms with Crippen molar-refractivity contribution in [3.8, 4) is 11.1 Å². The highest BCUT2D eigenvalue weighted by Crippen LogP contribution is 2.23. The quantitative estimate of drug-likeness (QED) is 0.653. The Morgan fingerprint density at radius 2 is 1.83 bits per heavy atom. The van der Waals surface area contributed by atoms with Gasteiger partial charge in [-0.05, 0) is 71.1 Å². The molecular weight excluding hydrogens is 406 g/mol. The molecule has 0 bridgehead atoms. The summed E-state index contributed by atoms with van der Waals surface area (Å²) < 4.78 is 26.6. The number of nitrogens with zero attached hydrogens (tertiary/aromatic N) is 2. The SMILES string of the molecule is O=C(NCc1cncc(-c2ccsc2)c1)c1ccc(S(=O)(=O)N2CCCC2)cc1. The summed E-state index contributed by atoms with van der Waals surface area (Å²) in [6, 6.07) is 10.1. The van der Waals surface area contributed by atoms with E-state index < -0.39 is 10.0 Å². The molecule has 150 valence electrons. The number of sulfonamides is 1. The van der Waals surface area contributed by atoms with Crippen molar-refractivity contribution in [2.75, 3.05) is 13.1 Å². The predicted molar refractivity (Wildman–Crippen MR) is 113 cm³/mol. The Morgan fingerprint density at radius 1 is 1.07 bits per heavy atom. The fourth-order valence-electron chi connectivity index (χ4n) is 3.31. The van der Waals surface area contributed by atoms with Crippen molar-refractivity contribution >= 4 is 27.3 Å². The number of amides is 1. The molecule has 1 saturated heterocycles. The molecule has 1 aliphatic rings. The number of aromatic nitrogens is 1. The van der Waals surface area contributed by atoms with Gasteiger partial charge in [0.05, 0.1) is 4.90 Å². The molecule has 0 spiro atoms. The van der Waals surface area contributed by atoms with E-state index in [1.165, 1.54) is 16.4 Å². The first-order valence-corrected chi connectivity index (χ1v) is 11.8. The summed E-state index contributed by atoms with van der Waals surface area (Å²) >= 11 is 1.62. The summed E-state index contributed by atoms with van der Waals surface area (Å²) in [5.41, 5.74) is 3.43. The maximum absolute atomic E-state index is 12.6. The highest BCUT2D eigenvalue weighted by atomic mass is 32.2. The Morgan fingerprint density at radius 3 is 2.52 bits per heavy atom. The van der Waals surface area contributed by atoms with Crippen molar-refractivity contribution < 1.29 is 13.2 Å². The van der Waals surface area contributed by atoms with Gasteiger partial charge in [-0.1, -0.05) is 0 Å². The number of hydrogen-bond acceptors (Lipinski definition) is 5. The fraction of sp³-hybridized carbons (Fsp3) is 0.238. The first-order valence-electron chi connectivity index (χ1n) is 9.39. The lowest BCUT2D eigenvalue weighted by Crippen LogP contribution is -2.28. The maximum Gasteiger partial charge on any atom is 0.251 e. The van der Waals surface area contributed by atoms with Crippen LogP contribution in [0.4, 0.5) is 0 Å². The average molecular weight is 428 g/mol. The lowest BCUT2D eigenvalue weighted by molar-refractivity contribution is 0.0951. The second-order valence-electron chi connectivity index (χ2n) is 6.91. The zero-order valence-electron chi connectivity index (χ0n) is 15.7. The van der Waals surface area contributed by atoms with Crippen molar-refractivity contribution in [3.63, 3.8) is 0 Å². The van der Waals surface area contributed by atoms with Gasteiger partial charge in [0.25, 0.3) is 5.91 Å². The van der Waals surface area contributed by atoms with E-state index in [1.807, 2.05) is 17.5 Å². The highest BCUT2D eigenvalue weighted by Gasteiger charge is 2.27. The first-order chi connectivity index (χ1) is 14.0. The van der Waals surface area contributed by atoms with Crippen molar-refractivity contribution in [1.29, 1.82) is 0 Å². The minimum atomic E-state index is -3.47. The van der Waals surface area contributed by atoms with Crippen LogP contribution in [0.2, 0.25) is 0 Å². The fourth-order valence-corrected chi connectivity index (χ4v) is 5.49. The molecule has 1 aliphatic heterocycles. The van der Waals surface area contributed by atoms with Crippen LogP contribution in [0.3, 0.4) is 0 Å². The third-order valence-electron chi connectivity index (χ3n) is 4.92. The number of hydrogen-bond donors (Lipinski definition) is 1. The van der Waals surface area contributed by atoms with Crippen LogP contribution in [0.15, 0.2) is 64.4 Å². The summed E-state index contributed by atoms with van der Waals surface area (Å²) in [4.78, 5) is 16.9. The Kier molecular flexibility index (Phi) is 5.75. The van der Waals surface area contributed by atoms with Crippen LogP contribution < -0.4 is 5.32 Å². The number of carbonyl (C=O) groups excluding carboxylic acids is 1. The van der Waals surface area contributed by atoms with Crippen molar-refractivity contribution in [1.82, 2.24) is 14.6 Å². The van der Waals surface area contributed by atoms with Gasteiger partial charge in [-0.3, -0.25) is 9.78 Å². The van der Waals surface area contributed by atoms with E-state index in [9.17, 15) is 13.2 Å². The van der Waals surface area contributed by atoms with E-state index in [0.717, 1.165) is 29.5 Å². The molecule has 2 aromatic heterocycles. The molecule has 1 N–H and O–H groups in total. The molecule has 0 unspecified atom stereocenters. The smallest absolute Gasteiger partial charge is 0.251 e. The van der Waals surface area contributed by atoms with E-state index >= 15 is 0 Å². The largest absolute Gasteiger partial charge is 0.348 e. The molecule has 6 nitrogen and oxygen atoms in total. The van der Waals surface area contributed by atoms with Crippen LogP contribution in [0, 0.1) is 0 Å². The van der Waals surface area contributed by atoms with Gasteiger partial charge >= 0.3 is 0 Å². The molecule has 3 aromatic rings. The minimum Gasteiger partial charge on any atom is -0.348 e. The highest BCUT2D eigenvalue weighted by molar-refractivity contribution is 7.89. The van der Waals surface area contributed by atoms with E-state index in [1.54, 1.807) is 35.9 Å². The third-order valence-corrected chi connectivity index (χ3v) is 7.52. The molecule has 8 heteroatoms. The summed E-state index contributed by atoms with van der Waals surface area (Å²) in [5, 5.41) is 6.93. The number of benzene rings is 1. The first kappa shape index (κ1) is 19.8. The van der Waals surface area contributed by atoms with Gasteiger partial charge in [-0.15, -0.1) is 0 Å². The molecule has 0 aliphatic carbocycles. The topological polar surface area (TPSA) is 79.4 Å². The number of carbonyl (C=O) groups is 1. The standard InChI is InChI=1S/C21H21N3O3S2/c25-21(23-13-16-11-19(14-22-12-16)18-7-10-28-15-18)17-3-5-20(6-4-17)29(26,27)24-8-1-2-9-24/h3-7,10-12,14-15H,1-2,8-9,13H2,(H,23,25). The molecule has 1 aromatic carbocycles. The molecule has 29 heavy (non-hydrogen) atoms. The van der Waals surface area contributed by atoms with Crippen molar-refractivity contribution in [2.24, 2.45) is 0 Å². The lowest BCUT2D eigenvalue weighted by Gasteiger charge is -2.15. The van der Waals surface area contributed by atoms with Crippen LogP contribution in [-0.2, 0) is 16.6 Å². The number of rotatable bonds is 6. The van der Waals surface area contributed by atoms with Gasteiger partial charge < -0.3 is 5.32 Å². The van der Waals surface area contributed by atoms with Crippen molar-refractivity contribution in [3.05, 3.63) is 70.7 Å². The summed E-state index contributed by atoms with van der Waals surface area (Å²) in [7, 11) is -3.47. The molecule has 0 saturated carbocycles. The third kappa shape index (κ3) is 4.39. The Balaban J connectivity index is 1.41. The molecular formula is C21H21N3O3S2. The normalized spacial score (nSPS) is 14.8. The number of thiophene rings is 1. The van der Waals surface area contributed by atoms with Crippen LogP contribution >= 0.6 is 11.3 Å². The van der Waals surface area contributed by atoms with Gasteiger partial charge in [-0.2, -0.15) is 15.6 Å². The predicted octanol–water partition coefficient (Wildman–Crippen LogP) is 3.52. The second-order valence-corrected chi connectivity index (χ2v) is 9.63. The number of pyridine rings is 1. The average Bonchev–Trinajstić information content (AvgIpc) is 3.47. The molecule has 4 rings (SSSR count). The Hall–Kier alpha value is -2.55. The van der Waals surface area contributed by atoms with Gasteiger partial charge in [0.2, 0.25) is 10.0 Å². The molecule has 0 atom stereocenters. The van der Waals surface area contributed by atoms with Crippen LogP contribution in [-0.4, -0.2) is 36.7 Å². The van der Waals surface area contributed by atoms with E-state index in [0.29, 0.717) is 25.2 Å². The summed E-state index contributed by atoms with van der Waals surface area (Å²) in [6.07, 6.45) is 5.30. The van der Waals surface area contributed by atoms with Crippen LogP contribution in [0.25, 0.3) is 11.1 Å². The minimum absolute atomic E-state index is 0.226. The summed E-state index contributed by atoms with van der Waals surface area (Å²) in [5.74, 6) is -0.254. The van der Waals surface area contributed by atoms with Crippen molar-refractivity contribution in [2.45, 2.75) is 24.3 Å². The Bertz CT molecular complexity index is 1090. The molecule has 3 heterocycles. The lowest BCUT2D eigenvalue weighted by atomic mass is 10.1. The Labute approximate surface area is 174 Å². The zero-order valence-corrected chi connectivity index (χ0v) is 17.4. The maximum atomic E-state index is 12.6. The zero-order chi connectivity index (χ0) is 20.3. The van der Waals surface area contributed by atoms with Gasteiger partial charge in [0, 0.05) is 43.2 Å². The van der Waals surface area contributed by atoms with Gasteiger partial charge in [0.15, 0.2) is 0 Å². The van der Waals surface area contributed by atoms with Gasteiger partial charge in [-0.25, -0.2) is 8.42 Å². The van der Waals surface area contributed by atoms with Crippen LogP contribution in [0.5, 0.6) is 0 Å². The molecule has 1 fully saturated rings. The second kappa shape index (κ2) is 8.44. The van der Waals surface area contributed by atoms with E-state index in [2.05, 4.69) is 15.7 Å². The monoisotopic (exact) mass is 427 g/mol. The van der Waals surface area contributed by atoms with E-state index in [4.69, 9.17) is 0 Å².